The van der Waals surface area contributed by atoms with Crippen molar-refractivity contribution in [3.8, 4) is 0 Å². The average molecular weight is 261 g/mol. The van der Waals surface area contributed by atoms with Gasteiger partial charge in [-0.2, -0.15) is 0 Å². The van der Waals surface area contributed by atoms with E-state index in [0.29, 0.717) is 11.4 Å². The van der Waals surface area contributed by atoms with Crippen molar-refractivity contribution in [2.75, 3.05) is 18.9 Å². The monoisotopic (exact) mass is 261 g/mol. The first-order valence-electron chi connectivity index (χ1n) is 7.22. The summed E-state index contributed by atoms with van der Waals surface area (Å²) < 4.78 is 0. The third-order valence-electron chi connectivity index (χ3n) is 3.84. The smallest absolute Gasteiger partial charge is 0.255 e. The van der Waals surface area contributed by atoms with E-state index in [1.807, 2.05) is 0 Å². The van der Waals surface area contributed by atoms with Crippen LogP contribution in [0.5, 0.6) is 0 Å². The highest BCUT2D eigenvalue weighted by Gasteiger charge is 2.15. The number of aromatic nitrogens is 1. The molecule has 104 valence electrons. The van der Waals surface area contributed by atoms with Gasteiger partial charge in [-0.15, -0.1) is 0 Å². The number of rotatable bonds is 6. The Morgan fingerprint density at radius 3 is 2.95 bits per heavy atom. The summed E-state index contributed by atoms with van der Waals surface area (Å²) in [5.74, 6) is 1.49. The maximum absolute atomic E-state index is 12.0. The van der Waals surface area contributed by atoms with Crippen LogP contribution in [0.15, 0.2) is 18.3 Å². The van der Waals surface area contributed by atoms with Crippen LogP contribution >= 0.6 is 0 Å². The van der Waals surface area contributed by atoms with Gasteiger partial charge in [-0.25, -0.2) is 4.98 Å². The number of hydrogen-bond donors (Lipinski definition) is 2. The normalized spacial score (nSPS) is 15.4. The number of pyridine rings is 1. The van der Waals surface area contributed by atoms with Crippen molar-refractivity contribution in [1.82, 2.24) is 10.3 Å². The minimum Gasteiger partial charge on any atom is -0.372 e. The molecule has 1 saturated carbocycles. The molecule has 1 amide bonds. The summed E-state index contributed by atoms with van der Waals surface area (Å²) in [5.41, 5.74) is 0.617. The van der Waals surface area contributed by atoms with Crippen molar-refractivity contribution >= 4 is 11.7 Å². The predicted octanol–water partition coefficient (Wildman–Crippen LogP) is 2.82. The molecule has 19 heavy (non-hydrogen) atoms. The SMILES string of the molecule is CNc1ncccc1C(=O)NCCCC1CCCC1. The van der Waals surface area contributed by atoms with E-state index in [1.54, 1.807) is 25.4 Å². The summed E-state index contributed by atoms with van der Waals surface area (Å²) >= 11 is 0. The first kappa shape index (κ1) is 13.8. The van der Waals surface area contributed by atoms with Crippen LogP contribution in [-0.4, -0.2) is 24.5 Å². The predicted molar refractivity (Wildman–Crippen MR) is 77.3 cm³/mol. The minimum atomic E-state index is -0.0381. The van der Waals surface area contributed by atoms with Crippen molar-refractivity contribution in [2.24, 2.45) is 5.92 Å². The molecule has 2 rings (SSSR count). The first-order valence-corrected chi connectivity index (χ1v) is 7.22. The number of nitrogens with one attached hydrogen (secondary N) is 2. The van der Waals surface area contributed by atoms with E-state index >= 15 is 0 Å². The lowest BCUT2D eigenvalue weighted by molar-refractivity contribution is 0.0953. The summed E-state index contributed by atoms with van der Waals surface area (Å²) in [6, 6.07) is 3.58. The maximum Gasteiger partial charge on any atom is 0.255 e. The Hall–Kier alpha value is -1.58. The standard InChI is InChI=1S/C15H23N3O/c1-16-14-13(9-5-10-17-14)15(19)18-11-4-8-12-6-2-3-7-12/h5,9-10,12H,2-4,6-8,11H2,1H3,(H,16,17)(H,18,19). The third kappa shape index (κ3) is 3.94. The summed E-state index contributed by atoms with van der Waals surface area (Å²) in [6.45, 7) is 0.757. The first-order chi connectivity index (χ1) is 9.31. The highest BCUT2D eigenvalue weighted by atomic mass is 16.1. The largest absolute Gasteiger partial charge is 0.372 e. The van der Waals surface area contributed by atoms with Crippen LogP contribution in [0.3, 0.4) is 0 Å². The van der Waals surface area contributed by atoms with Gasteiger partial charge in [-0.05, 0) is 30.9 Å². The molecule has 0 saturated heterocycles. The zero-order valence-electron chi connectivity index (χ0n) is 11.6. The van der Waals surface area contributed by atoms with E-state index < -0.39 is 0 Å². The molecule has 1 fully saturated rings. The van der Waals surface area contributed by atoms with E-state index in [9.17, 15) is 4.79 Å². The Morgan fingerprint density at radius 2 is 2.21 bits per heavy atom. The molecule has 0 aliphatic heterocycles. The molecule has 0 bridgehead atoms. The Morgan fingerprint density at radius 1 is 1.42 bits per heavy atom. The van der Waals surface area contributed by atoms with Gasteiger partial charge in [0.15, 0.2) is 0 Å². The molecular formula is C15H23N3O. The molecule has 1 aliphatic rings. The zero-order chi connectivity index (χ0) is 13.5. The summed E-state index contributed by atoms with van der Waals surface area (Å²) in [5, 5.41) is 5.92. The molecule has 4 nitrogen and oxygen atoms in total. The Balaban J connectivity index is 1.74. The Labute approximate surface area is 115 Å². The molecule has 0 atom stereocenters. The molecule has 1 aromatic heterocycles. The van der Waals surface area contributed by atoms with Gasteiger partial charge >= 0.3 is 0 Å². The molecular weight excluding hydrogens is 238 g/mol. The van der Waals surface area contributed by atoms with E-state index in [0.717, 1.165) is 18.9 Å². The number of nitrogens with zero attached hydrogens (tertiary/aromatic N) is 1. The van der Waals surface area contributed by atoms with Gasteiger partial charge in [-0.3, -0.25) is 4.79 Å². The van der Waals surface area contributed by atoms with Crippen LogP contribution < -0.4 is 10.6 Å². The number of carbonyl (C=O) groups is 1. The topological polar surface area (TPSA) is 54.0 Å². The van der Waals surface area contributed by atoms with Gasteiger partial charge in [0.05, 0.1) is 5.56 Å². The number of anilines is 1. The molecule has 1 heterocycles. The van der Waals surface area contributed by atoms with E-state index in [4.69, 9.17) is 0 Å². The van der Waals surface area contributed by atoms with E-state index in [-0.39, 0.29) is 5.91 Å². The molecule has 0 spiro atoms. The van der Waals surface area contributed by atoms with Crippen molar-refractivity contribution in [2.45, 2.75) is 38.5 Å². The second kappa shape index (κ2) is 7.12. The van der Waals surface area contributed by atoms with Gasteiger partial charge in [-0.1, -0.05) is 25.7 Å². The van der Waals surface area contributed by atoms with Crippen molar-refractivity contribution < 1.29 is 4.79 Å². The number of hydrogen-bond acceptors (Lipinski definition) is 3. The van der Waals surface area contributed by atoms with E-state index in [1.165, 1.54) is 32.1 Å². The Kier molecular flexibility index (Phi) is 5.19. The highest BCUT2D eigenvalue weighted by molar-refractivity contribution is 5.98. The van der Waals surface area contributed by atoms with Crippen LogP contribution in [0.2, 0.25) is 0 Å². The summed E-state index contributed by atoms with van der Waals surface area (Å²) in [6.07, 6.45) is 9.53. The van der Waals surface area contributed by atoms with Gasteiger partial charge < -0.3 is 10.6 Å². The van der Waals surface area contributed by atoms with Gasteiger partial charge in [0.2, 0.25) is 0 Å². The van der Waals surface area contributed by atoms with Gasteiger partial charge in [0.1, 0.15) is 5.82 Å². The molecule has 2 N–H and O–H groups in total. The summed E-state index contributed by atoms with van der Waals surface area (Å²) in [4.78, 5) is 16.2. The van der Waals surface area contributed by atoms with Crippen molar-refractivity contribution in [1.29, 1.82) is 0 Å². The fraction of sp³-hybridized carbons (Fsp3) is 0.600. The zero-order valence-corrected chi connectivity index (χ0v) is 11.6. The quantitative estimate of drug-likeness (QED) is 0.774. The fourth-order valence-electron chi connectivity index (χ4n) is 2.77. The van der Waals surface area contributed by atoms with Crippen LogP contribution in [0.1, 0.15) is 48.9 Å². The second-order valence-corrected chi connectivity index (χ2v) is 5.20. The van der Waals surface area contributed by atoms with E-state index in [2.05, 4.69) is 15.6 Å². The lowest BCUT2D eigenvalue weighted by Crippen LogP contribution is -2.25. The lowest BCUT2D eigenvalue weighted by atomic mass is 10.0. The fourth-order valence-corrected chi connectivity index (χ4v) is 2.77. The Bertz CT molecular complexity index is 414. The van der Waals surface area contributed by atoms with Gasteiger partial charge in [0.25, 0.3) is 5.91 Å². The maximum atomic E-state index is 12.0. The van der Waals surface area contributed by atoms with Gasteiger partial charge in [0, 0.05) is 19.8 Å². The number of carbonyl (C=O) groups excluding carboxylic acids is 1. The summed E-state index contributed by atoms with van der Waals surface area (Å²) in [7, 11) is 1.78. The lowest BCUT2D eigenvalue weighted by Gasteiger charge is -2.10. The average Bonchev–Trinajstić information content (AvgIpc) is 2.96. The van der Waals surface area contributed by atoms with Crippen LogP contribution in [0, 0.1) is 5.92 Å². The highest BCUT2D eigenvalue weighted by Crippen LogP contribution is 2.28. The second-order valence-electron chi connectivity index (χ2n) is 5.20. The van der Waals surface area contributed by atoms with Crippen LogP contribution in [0.4, 0.5) is 5.82 Å². The number of amides is 1. The molecule has 1 aromatic rings. The molecule has 0 unspecified atom stereocenters. The molecule has 0 radical (unpaired) electrons. The molecule has 1 aliphatic carbocycles. The third-order valence-corrected chi connectivity index (χ3v) is 3.84. The van der Waals surface area contributed by atoms with Crippen LogP contribution in [0.25, 0.3) is 0 Å². The van der Waals surface area contributed by atoms with Crippen molar-refractivity contribution in [3.05, 3.63) is 23.9 Å². The molecule has 0 aromatic carbocycles. The minimum absolute atomic E-state index is 0.0381. The molecule has 4 heteroatoms. The van der Waals surface area contributed by atoms with Crippen LogP contribution in [-0.2, 0) is 0 Å². The van der Waals surface area contributed by atoms with Crippen molar-refractivity contribution in [3.63, 3.8) is 0 Å².